The van der Waals surface area contributed by atoms with E-state index in [-0.39, 0.29) is 5.37 Å². The fourth-order valence-corrected chi connectivity index (χ4v) is 1.33. The molecule has 1 unspecified atom stereocenters. The summed E-state index contributed by atoms with van der Waals surface area (Å²) >= 11 is 4.06. The van der Waals surface area contributed by atoms with Crippen molar-refractivity contribution in [3.8, 4) is 0 Å². The molecule has 0 aliphatic rings. The Hall–Kier alpha value is -1.01. The van der Waals surface area contributed by atoms with Gasteiger partial charge in [0.15, 0.2) is 5.69 Å². The van der Waals surface area contributed by atoms with Crippen LogP contribution in [0.1, 0.15) is 23.1 Å². The van der Waals surface area contributed by atoms with Gasteiger partial charge in [0, 0.05) is 5.69 Å². The van der Waals surface area contributed by atoms with E-state index in [4.69, 9.17) is 10.5 Å². The zero-order chi connectivity index (χ0) is 11.4. The highest BCUT2D eigenvalue weighted by molar-refractivity contribution is 7.80. The van der Waals surface area contributed by atoms with Crippen molar-refractivity contribution in [2.45, 2.75) is 25.8 Å². The van der Waals surface area contributed by atoms with Crippen LogP contribution in [0.4, 0.5) is 0 Å². The molecule has 0 spiro atoms. The molecule has 6 heteroatoms. The molecule has 0 aromatic carbocycles. The van der Waals surface area contributed by atoms with Crippen molar-refractivity contribution in [2.75, 3.05) is 6.61 Å². The first-order valence-electron chi connectivity index (χ1n) is 4.69. The Labute approximate surface area is 94.0 Å². The molecule has 84 valence electrons. The summed E-state index contributed by atoms with van der Waals surface area (Å²) in [6.07, 6.45) is 0. The summed E-state index contributed by atoms with van der Waals surface area (Å²) in [4.78, 5) is 11.3. The van der Waals surface area contributed by atoms with Crippen molar-refractivity contribution >= 4 is 18.6 Å². The molecule has 1 aromatic rings. The van der Waals surface area contributed by atoms with Gasteiger partial charge in [-0.25, -0.2) is 4.79 Å². The number of aromatic nitrogens is 2. The van der Waals surface area contributed by atoms with E-state index in [1.807, 2.05) is 6.92 Å². The van der Waals surface area contributed by atoms with E-state index in [9.17, 15) is 4.79 Å². The SMILES string of the molecule is CCOC(=O)c1cc(C)n(CC(N)S)n1. The van der Waals surface area contributed by atoms with Crippen LogP contribution in [0.2, 0.25) is 0 Å². The quantitative estimate of drug-likeness (QED) is 0.450. The molecule has 0 aliphatic carbocycles. The van der Waals surface area contributed by atoms with Gasteiger partial charge in [-0.2, -0.15) is 17.7 Å². The smallest absolute Gasteiger partial charge is 0.358 e. The van der Waals surface area contributed by atoms with E-state index in [0.29, 0.717) is 18.8 Å². The number of aryl methyl sites for hydroxylation is 1. The largest absolute Gasteiger partial charge is 0.461 e. The van der Waals surface area contributed by atoms with Crippen LogP contribution in [-0.2, 0) is 11.3 Å². The van der Waals surface area contributed by atoms with E-state index < -0.39 is 5.97 Å². The van der Waals surface area contributed by atoms with Crippen LogP contribution in [0.5, 0.6) is 0 Å². The number of nitrogens with two attached hydrogens (primary N) is 1. The third-order valence-corrected chi connectivity index (χ3v) is 1.99. The van der Waals surface area contributed by atoms with Crippen LogP contribution in [0.15, 0.2) is 6.07 Å². The van der Waals surface area contributed by atoms with Gasteiger partial charge in [0.25, 0.3) is 0 Å². The number of ether oxygens (including phenoxy) is 1. The average Bonchev–Trinajstić information content (AvgIpc) is 2.47. The molecule has 0 amide bonds. The number of esters is 1. The van der Waals surface area contributed by atoms with E-state index >= 15 is 0 Å². The summed E-state index contributed by atoms with van der Waals surface area (Å²) in [6, 6.07) is 1.67. The summed E-state index contributed by atoms with van der Waals surface area (Å²) in [7, 11) is 0. The van der Waals surface area contributed by atoms with Crippen molar-refractivity contribution in [1.82, 2.24) is 9.78 Å². The number of nitrogens with zero attached hydrogens (tertiary/aromatic N) is 2. The lowest BCUT2D eigenvalue weighted by atomic mass is 10.4. The molecule has 1 aromatic heterocycles. The molecule has 0 saturated carbocycles. The summed E-state index contributed by atoms with van der Waals surface area (Å²) in [6.45, 7) is 4.42. The van der Waals surface area contributed by atoms with E-state index in [1.54, 1.807) is 17.7 Å². The molecule has 5 nitrogen and oxygen atoms in total. The second-order valence-electron chi connectivity index (χ2n) is 3.14. The van der Waals surface area contributed by atoms with Gasteiger partial charge >= 0.3 is 5.97 Å². The van der Waals surface area contributed by atoms with Crippen molar-refractivity contribution in [2.24, 2.45) is 5.73 Å². The number of rotatable bonds is 4. The zero-order valence-corrected chi connectivity index (χ0v) is 9.70. The van der Waals surface area contributed by atoms with Gasteiger partial charge in [0.2, 0.25) is 0 Å². The monoisotopic (exact) mass is 229 g/mol. The van der Waals surface area contributed by atoms with E-state index in [2.05, 4.69) is 17.7 Å². The number of thiol groups is 1. The van der Waals surface area contributed by atoms with Gasteiger partial charge in [0.05, 0.1) is 18.5 Å². The van der Waals surface area contributed by atoms with E-state index in [0.717, 1.165) is 5.69 Å². The third kappa shape index (κ3) is 3.24. The van der Waals surface area contributed by atoms with Gasteiger partial charge < -0.3 is 10.5 Å². The highest BCUT2D eigenvalue weighted by Crippen LogP contribution is 2.06. The first-order valence-corrected chi connectivity index (χ1v) is 5.21. The fraction of sp³-hybridized carbons (Fsp3) is 0.556. The molecule has 15 heavy (non-hydrogen) atoms. The predicted octanol–water partition coefficient (Wildman–Crippen LogP) is 0.583. The van der Waals surface area contributed by atoms with Gasteiger partial charge in [-0.05, 0) is 19.9 Å². The molecule has 0 fully saturated rings. The summed E-state index contributed by atoms with van der Waals surface area (Å²) in [5.41, 5.74) is 6.70. The molecule has 1 heterocycles. The average molecular weight is 229 g/mol. The number of hydrogen-bond donors (Lipinski definition) is 2. The van der Waals surface area contributed by atoms with Gasteiger partial charge in [-0.15, -0.1) is 0 Å². The van der Waals surface area contributed by atoms with Crippen molar-refractivity contribution in [3.05, 3.63) is 17.5 Å². The van der Waals surface area contributed by atoms with Gasteiger partial charge in [-0.3, -0.25) is 4.68 Å². The zero-order valence-electron chi connectivity index (χ0n) is 8.80. The Balaban J connectivity index is 2.80. The molecule has 0 radical (unpaired) electrons. The molecule has 0 bridgehead atoms. The van der Waals surface area contributed by atoms with Crippen molar-refractivity contribution in [3.63, 3.8) is 0 Å². The molecule has 1 rings (SSSR count). The lowest BCUT2D eigenvalue weighted by Crippen LogP contribution is -2.21. The minimum Gasteiger partial charge on any atom is -0.461 e. The maximum atomic E-state index is 11.3. The topological polar surface area (TPSA) is 70.1 Å². The lowest BCUT2D eigenvalue weighted by Gasteiger charge is -2.05. The molecule has 2 N–H and O–H groups in total. The van der Waals surface area contributed by atoms with Crippen LogP contribution >= 0.6 is 12.6 Å². The normalized spacial score (nSPS) is 12.5. The lowest BCUT2D eigenvalue weighted by molar-refractivity contribution is 0.0518. The van der Waals surface area contributed by atoms with Crippen LogP contribution in [0.25, 0.3) is 0 Å². The Morgan fingerprint density at radius 2 is 2.47 bits per heavy atom. The minimum atomic E-state index is -0.410. The van der Waals surface area contributed by atoms with Crippen molar-refractivity contribution in [1.29, 1.82) is 0 Å². The van der Waals surface area contributed by atoms with Crippen LogP contribution < -0.4 is 5.73 Å². The van der Waals surface area contributed by atoms with Crippen molar-refractivity contribution < 1.29 is 9.53 Å². The standard InChI is InChI=1S/C9H15N3O2S/c1-3-14-9(13)7-4-6(2)12(11-7)5-8(10)15/h4,8,15H,3,5,10H2,1-2H3. The highest BCUT2D eigenvalue weighted by Gasteiger charge is 2.13. The number of carbonyl (C=O) groups excluding carboxylic acids is 1. The van der Waals surface area contributed by atoms with Gasteiger partial charge in [-0.1, -0.05) is 0 Å². The maximum absolute atomic E-state index is 11.3. The second-order valence-corrected chi connectivity index (χ2v) is 3.80. The molecule has 1 atom stereocenters. The molecular formula is C9H15N3O2S. The van der Waals surface area contributed by atoms with Gasteiger partial charge in [0.1, 0.15) is 0 Å². The summed E-state index contributed by atoms with van der Waals surface area (Å²) in [5, 5.41) is 3.79. The Morgan fingerprint density at radius 1 is 1.80 bits per heavy atom. The number of carbonyl (C=O) groups is 1. The van der Waals surface area contributed by atoms with E-state index in [1.165, 1.54) is 0 Å². The number of hydrogen-bond acceptors (Lipinski definition) is 5. The van der Waals surface area contributed by atoms with Crippen LogP contribution in [0, 0.1) is 6.92 Å². The Morgan fingerprint density at radius 3 is 3.00 bits per heavy atom. The third-order valence-electron chi connectivity index (χ3n) is 1.83. The molecule has 0 aliphatic heterocycles. The predicted molar refractivity (Wildman–Crippen MR) is 59.9 cm³/mol. The maximum Gasteiger partial charge on any atom is 0.358 e. The fourth-order valence-electron chi connectivity index (χ4n) is 1.18. The summed E-state index contributed by atoms with van der Waals surface area (Å²) < 4.78 is 6.48. The Kier molecular flexibility index (Phi) is 4.16. The van der Waals surface area contributed by atoms with Crippen LogP contribution in [-0.4, -0.2) is 27.7 Å². The van der Waals surface area contributed by atoms with Crippen LogP contribution in [0.3, 0.4) is 0 Å². The molecular weight excluding hydrogens is 214 g/mol. The molecule has 0 saturated heterocycles. The first-order chi connectivity index (χ1) is 7.04. The summed E-state index contributed by atoms with van der Waals surface area (Å²) in [5.74, 6) is -0.410. The first kappa shape index (κ1) is 12.1. The highest BCUT2D eigenvalue weighted by atomic mass is 32.1. The second kappa shape index (κ2) is 5.18. The minimum absolute atomic E-state index is 0.293. The Bertz CT molecular complexity index is 349.